The van der Waals surface area contributed by atoms with Gasteiger partial charge < -0.3 is 20.5 Å². The average molecular weight is 277 g/mol. The number of alkyl carbamates (subject to hydrolysis) is 1. The summed E-state index contributed by atoms with van der Waals surface area (Å²) in [6, 6.07) is 7.62. The standard InChI is InChI=1S/C13H15N3O4/c1-9(12(17)19-7-6-14)16-13(18)20-8-10-2-4-11(15)5-3-10/h2-5,9H,7-8,15H2,1H3,(H,16,18)/t9-/m1/s1. The van der Waals surface area contributed by atoms with E-state index in [0.717, 1.165) is 5.56 Å². The molecule has 106 valence electrons. The molecule has 7 heteroatoms. The van der Waals surface area contributed by atoms with E-state index in [0.29, 0.717) is 5.69 Å². The number of nitrogens with one attached hydrogen (secondary N) is 1. The van der Waals surface area contributed by atoms with Crippen LogP contribution in [0.2, 0.25) is 0 Å². The molecule has 0 unspecified atom stereocenters. The zero-order valence-corrected chi connectivity index (χ0v) is 11.0. The number of anilines is 1. The topological polar surface area (TPSA) is 114 Å². The smallest absolute Gasteiger partial charge is 0.408 e. The second kappa shape index (κ2) is 7.63. The Balaban J connectivity index is 2.34. The van der Waals surface area contributed by atoms with E-state index in [1.807, 2.05) is 0 Å². The van der Waals surface area contributed by atoms with Crippen molar-refractivity contribution in [2.45, 2.75) is 19.6 Å². The molecular weight excluding hydrogens is 262 g/mol. The summed E-state index contributed by atoms with van der Waals surface area (Å²) in [4.78, 5) is 22.7. The van der Waals surface area contributed by atoms with Gasteiger partial charge in [-0.05, 0) is 24.6 Å². The lowest BCUT2D eigenvalue weighted by Gasteiger charge is -2.12. The van der Waals surface area contributed by atoms with Crippen LogP contribution in [0, 0.1) is 11.3 Å². The van der Waals surface area contributed by atoms with Crippen LogP contribution >= 0.6 is 0 Å². The van der Waals surface area contributed by atoms with Crippen molar-refractivity contribution in [2.75, 3.05) is 12.3 Å². The number of nitrogen functional groups attached to an aromatic ring is 1. The highest BCUT2D eigenvalue weighted by molar-refractivity contribution is 5.80. The van der Waals surface area contributed by atoms with Crippen LogP contribution in [0.1, 0.15) is 12.5 Å². The zero-order chi connectivity index (χ0) is 15.0. The Morgan fingerprint density at radius 2 is 2.00 bits per heavy atom. The molecule has 0 aromatic heterocycles. The van der Waals surface area contributed by atoms with Crippen LogP contribution in [0.25, 0.3) is 0 Å². The second-order valence-corrected chi connectivity index (χ2v) is 3.95. The number of hydrogen-bond donors (Lipinski definition) is 2. The number of nitriles is 1. The summed E-state index contributed by atoms with van der Waals surface area (Å²) >= 11 is 0. The minimum absolute atomic E-state index is 0.0616. The van der Waals surface area contributed by atoms with Gasteiger partial charge in [0.2, 0.25) is 0 Å². The third-order valence-electron chi connectivity index (χ3n) is 2.32. The molecule has 0 fully saturated rings. The summed E-state index contributed by atoms with van der Waals surface area (Å²) in [6.07, 6.45) is -0.747. The van der Waals surface area contributed by atoms with Gasteiger partial charge in [-0.2, -0.15) is 5.26 Å². The molecule has 1 rings (SSSR count). The van der Waals surface area contributed by atoms with Gasteiger partial charge in [-0.3, -0.25) is 0 Å². The number of rotatable bonds is 5. The Morgan fingerprint density at radius 1 is 1.35 bits per heavy atom. The third-order valence-corrected chi connectivity index (χ3v) is 2.32. The highest BCUT2D eigenvalue weighted by Crippen LogP contribution is 2.06. The van der Waals surface area contributed by atoms with E-state index in [1.54, 1.807) is 30.3 Å². The molecule has 1 amide bonds. The summed E-state index contributed by atoms with van der Waals surface area (Å²) in [5.74, 6) is -0.698. The fraction of sp³-hybridized carbons (Fsp3) is 0.308. The average Bonchev–Trinajstić information content (AvgIpc) is 2.44. The lowest BCUT2D eigenvalue weighted by molar-refractivity contribution is -0.144. The van der Waals surface area contributed by atoms with E-state index in [1.165, 1.54) is 6.92 Å². The maximum Gasteiger partial charge on any atom is 0.408 e. The van der Waals surface area contributed by atoms with Gasteiger partial charge in [0.15, 0.2) is 6.61 Å². The van der Waals surface area contributed by atoms with Gasteiger partial charge in [0.1, 0.15) is 18.7 Å². The van der Waals surface area contributed by atoms with Crippen LogP contribution in [0.5, 0.6) is 0 Å². The quantitative estimate of drug-likeness (QED) is 0.611. The molecule has 1 aromatic rings. The van der Waals surface area contributed by atoms with Gasteiger partial charge in [-0.1, -0.05) is 12.1 Å². The Kier molecular flexibility index (Phi) is 5.84. The van der Waals surface area contributed by atoms with Gasteiger partial charge >= 0.3 is 12.1 Å². The molecule has 3 N–H and O–H groups in total. The molecule has 0 heterocycles. The normalized spacial score (nSPS) is 11.0. The minimum atomic E-state index is -0.887. The number of hydrogen-bond acceptors (Lipinski definition) is 6. The van der Waals surface area contributed by atoms with Gasteiger partial charge in [-0.15, -0.1) is 0 Å². The monoisotopic (exact) mass is 277 g/mol. The second-order valence-electron chi connectivity index (χ2n) is 3.95. The van der Waals surface area contributed by atoms with Crippen molar-refractivity contribution in [2.24, 2.45) is 0 Å². The summed E-state index contributed by atoms with van der Waals surface area (Å²) in [7, 11) is 0. The first-order valence-corrected chi connectivity index (χ1v) is 5.84. The van der Waals surface area contributed by atoms with Crippen molar-refractivity contribution in [1.29, 1.82) is 5.26 Å². The Bertz CT molecular complexity index is 507. The Hall–Kier alpha value is -2.75. The number of esters is 1. The van der Waals surface area contributed by atoms with E-state index >= 15 is 0 Å². The summed E-state index contributed by atoms with van der Waals surface area (Å²) in [6.45, 7) is 1.14. The van der Waals surface area contributed by atoms with Crippen molar-refractivity contribution in [1.82, 2.24) is 5.32 Å². The van der Waals surface area contributed by atoms with Crippen molar-refractivity contribution in [3.8, 4) is 6.07 Å². The summed E-state index contributed by atoms with van der Waals surface area (Å²) in [5.41, 5.74) is 6.92. The Labute approximate surface area is 116 Å². The van der Waals surface area contributed by atoms with Crippen molar-refractivity contribution in [3.63, 3.8) is 0 Å². The highest BCUT2D eigenvalue weighted by atomic mass is 16.6. The van der Waals surface area contributed by atoms with Crippen LogP contribution in [0.15, 0.2) is 24.3 Å². The fourth-order valence-electron chi connectivity index (χ4n) is 1.27. The van der Waals surface area contributed by atoms with Gasteiger partial charge in [-0.25, -0.2) is 9.59 Å². The number of amides is 1. The lowest BCUT2D eigenvalue weighted by atomic mass is 10.2. The molecule has 1 aromatic carbocycles. The molecule has 0 aliphatic carbocycles. The number of benzene rings is 1. The SMILES string of the molecule is C[C@@H](NC(=O)OCc1ccc(N)cc1)C(=O)OCC#N. The number of carbonyl (C=O) groups is 2. The van der Waals surface area contributed by atoms with Crippen LogP contribution in [-0.4, -0.2) is 24.7 Å². The molecule has 7 nitrogen and oxygen atoms in total. The van der Waals surface area contributed by atoms with Crippen molar-refractivity contribution < 1.29 is 19.1 Å². The molecule has 0 radical (unpaired) electrons. The first-order valence-electron chi connectivity index (χ1n) is 5.84. The molecule has 0 saturated heterocycles. The van der Waals surface area contributed by atoms with E-state index in [2.05, 4.69) is 10.1 Å². The molecule has 0 bridgehead atoms. The fourth-order valence-corrected chi connectivity index (χ4v) is 1.27. The van der Waals surface area contributed by atoms with Crippen molar-refractivity contribution in [3.05, 3.63) is 29.8 Å². The van der Waals surface area contributed by atoms with Gasteiger partial charge in [0, 0.05) is 5.69 Å². The van der Waals surface area contributed by atoms with Gasteiger partial charge in [0.25, 0.3) is 0 Å². The number of carbonyl (C=O) groups excluding carboxylic acids is 2. The molecule has 0 aliphatic heterocycles. The third kappa shape index (κ3) is 5.27. The van der Waals surface area contributed by atoms with E-state index in [-0.39, 0.29) is 13.2 Å². The maximum absolute atomic E-state index is 11.4. The van der Waals surface area contributed by atoms with E-state index < -0.39 is 18.1 Å². The molecule has 20 heavy (non-hydrogen) atoms. The largest absolute Gasteiger partial charge is 0.449 e. The molecule has 0 saturated carbocycles. The first kappa shape index (κ1) is 15.3. The van der Waals surface area contributed by atoms with Crippen molar-refractivity contribution >= 4 is 17.7 Å². The highest BCUT2D eigenvalue weighted by Gasteiger charge is 2.17. The molecular formula is C13H15N3O4. The van der Waals surface area contributed by atoms with Crippen LogP contribution in [0.4, 0.5) is 10.5 Å². The van der Waals surface area contributed by atoms with Crippen LogP contribution in [0.3, 0.4) is 0 Å². The lowest BCUT2D eigenvalue weighted by Crippen LogP contribution is -2.39. The molecule has 0 spiro atoms. The molecule has 0 aliphatic rings. The summed E-state index contributed by atoms with van der Waals surface area (Å²) < 4.78 is 9.48. The first-order chi connectivity index (χ1) is 9.52. The number of ether oxygens (including phenoxy) is 2. The summed E-state index contributed by atoms with van der Waals surface area (Å²) in [5, 5.41) is 10.6. The predicted octanol–water partition coefficient (Wildman–Crippen LogP) is 0.950. The predicted molar refractivity (Wildman–Crippen MR) is 70.2 cm³/mol. The van der Waals surface area contributed by atoms with Crippen LogP contribution < -0.4 is 11.1 Å². The van der Waals surface area contributed by atoms with E-state index in [9.17, 15) is 9.59 Å². The Morgan fingerprint density at radius 3 is 2.60 bits per heavy atom. The molecule has 1 atom stereocenters. The maximum atomic E-state index is 11.4. The number of nitrogens with two attached hydrogens (primary N) is 1. The number of nitrogens with zero attached hydrogens (tertiary/aromatic N) is 1. The van der Waals surface area contributed by atoms with E-state index in [4.69, 9.17) is 15.7 Å². The van der Waals surface area contributed by atoms with Crippen LogP contribution in [-0.2, 0) is 20.9 Å². The zero-order valence-electron chi connectivity index (χ0n) is 11.0. The van der Waals surface area contributed by atoms with Gasteiger partial charge in [0.05, 0.1) is 0 Å². The minimum Gasteiger partial charge on any atom is -0.449 e.